The molecule has 2 aromatic rings. The number of carbonyl (C=O) groups is 1. The van der Waals surface area contributed by atoms with E-state index in [1.807, 2.05) is 38.1 Å². The first-order chi connectivity index (χ1) is 9.10. The summed E-state index contributed by atoms with van der Waals surface area (Å²) in [5.74, 6) is -0.162. The molecule has 1 aromatic carbocycles. The average Bonchev–Trinajstić information content (AvgIpc) is 2.42. The summed E-state index contributed by atoms with van der Waals surface area (Å²) in [6.45, 7) is 4.29. The number of carbonyl (C=O) groups excluding carboxylic acids is 1. The maximum atomic E-state index is 12.1. The van der Waals surface area contributed by atoms with E-state index in [2.05, 4.69) is 10.3 Å². The second-order valence-electron chi connectivity index (χ2n) is 4.50. The minimum absolute atomic E-state index is 0.162. The van der Waals surface area contributed by atoms with Crippen molar-refractivity contribution in [1.82, 2.24) is 4.98 Å². The largest absolute Gasteiger partial charge is 0.326 e. The standard InChI is InChI=1S/C15H17N3O/c1-10-3-5-12(8-16)7-14(10)18-15(19)13-6-4-11(2)17-9-13/h3-7,9H,8,16H2,1-2H3,(H,18,19). The van der Waals surface area contributed by atoms with Gasteiger partial charge in [0.2, 0.25) is 0 Å². The van der Waals surface area contributed by atoms with Gasteiger partial charge in [-0.05, 0) is 43.2 Å². The summed E-state index contributed by atoms with van der Waals surface area (Å²) < 4.78 is 0. The molecule has 3 N–H and O–H groups in total. The molecule has 0 aliphatic rings. The number of pyridine rings is 1. The van der Waals surface area contributed by atoms with Crippen LogP contribution in [-0.2, 0) is 6.54 Å². The van der Waals surface area contributed by atoms with Crippen molar-refractivity contribution in [2.75, 3.05) is 5.32 Å². The molecule has 0 atom stereocenters. The Balaban J connectivity index is 2.21. The molecule has 1 heterocycles. The third-order valence-corrected chi connectivity index (χ3v) is 2.96. The van der Waals surface area contributed by atoms with Gasteiger partial charge in [-0.2, -0.15) is 0 Å². The third-order valence-electron chi connectivity index (χ3n) is 2.96. The summed E-state index contributed by atoms with van der Waals surface area (Å²) in [6, 6.07) is 9.39. The van der Waals surface area contributed by atoms with Crippen LogP contribution < -0.4 is 11.1 Å². The SMILES string of the molecule is Cc1ccc(C(=O)Nc2cc(CN)ccc2C)cn1. The molecule has 0 saturated carbocycles. The molecule has 4 nitrogen and oxygen atoms in total. The van der Waals surface area contributed by atoms with Crippen molar-refractivity contribution in [2.24, 2.45) is 5.73 Å². The molecule has 1 amide bonds. The zero-order valence-corrected chi connectivity index (χ0v) is 11.1. The molecule has 0 aliphatic heterocycles. The number of nitrogens with zero attached hydrogens (tertiary/aromatic N) is 1. The average molecular weight is 255 g/mol. The van der Waals surface area contributed by atoms with Gasteiger partial charge in [0, 0.05) is 24.1 Å². The summed E-state index contributed by atoms with van der Waals surface area (Å²) in [6.07, 6.45) is 1.58. The van der Waals surface area contributed by atoms with E-state index >= 15 is 0 Å². The van der Waals surface area contributed by atoms with Crippen LogP contribution in [0.25, 0.3) is 0 Å². The van der Waals surface area contributed by atoms with Crippen LogP contribution in [0.4, 0.5) is 5.69 Å². The molecule has 98 valence electrons. The monoisotopic (exact) mass is 255 g/mol. The van der Waals surface area contributed by atoms with Crippen LogP contribution in [0.3, 0.4) is 0 Å². The Bertz CT molecular complexity index is 591. The highest BCUT2D eigenvalue weighted by Crippen LogP contribution is 2.17. The van der Waals surface area contributed by atoms with E-state index in [4.69, 9.17) is 5.73 Å². The van der Waals surface area contributed by atoms with Crippen molar-refractivity contribution in [1.29, 1.82) is 0 Å². The first-order valence-electron chi connectivity index (χ1n) is 6.14. The molecule has 0 unspecified atom stereocenters. The topological polar surface area (TPSA) is 68.0 Å². The number of nitrogens with one attached hydrogen (secondary N) is 1. The second kappa shape index (κ2) is 5.63. The number of rotatable bonds is 3. The van der Waals surface area contributed by atoms with Crippen molar-refractivity contribution in [3.63, 3.8) is 0 Å². The lowest BCUT2D eigenvalue weighted by Gasteiger charge is -2.10. The predicted octanol–water partition coefficient (Wildman–Crippen LogP) is 2.41. The first-order valence-corrected chi connectivity index (χ1v) is 6.14. The first kappa shape index (κ1) is 13.2. The molecule has 1 aromatic heterocycles. The number of benzene rings is 1. The Morgan fingerprint density at radius 3 is 2.68 bits per heavy atom. The van der Waals surface area contributed by atoms with E-state index in [-0.39, 0.29) is 5.91 Å². The Kier molecular flexibility index (Phi) is 3.92. The number of nitrogens with two attached hydrogens (primary N) is 1. The minimum atomic E-state index is -0.162. The Hall–Kier alpha value is -2.20. The van der Waals surface area contributed by atoms with E-state index in [1.165, 1.54) is 0 Å². The molecule has 0 bridgehead atoms. The Morgan fingerprint density at radius 2 is 2.05 bits per heavy atom. The number of aromatic nitrogens is 1. The molecule has 4 heteroatoms. The van der Waals surface area contributed by atoms with E-state index in [9.17, 15) is 4.79 Å². The van der Waals surface area contributed by atoms with Crippen molar-refractivity contribution >= 4 is 11.6 Å². The molecule has 0 aliphatic carbocycles. The number of anilines is 1. The van der Waals surface area contributed by atoms with Crippen molar-refractivity contribution in [3.8, 4) is 0 Å². The van der Waals surface area contributed by atoms with E-state index in [1.54, 1.807) is 12.3 Å². The van der Waals surface area contributed by atoms with E-state index in [0.717, 1.165) is 22.5 Å². The van der Waals surface area contributed by atoms with Crippen LogP contribution in [0.15, 0.2) is 36.5 Å². The normalized spacial score (nSPS) is 10.3. The van der Waals surface area contributed by atoms with E-state index in [0.29, 0.717) is 12.1 Å². The van der Waals surface area contributed by atoms with Gasteiger partial charge in [0.05, 0.1) is 5.56 Å². The van der Waals surface area contributed by atoms with Crippen LogP contribution >= 0.6 is 0 Å². The molecule has 0 saturated heterocycles. The molecule has 19 heavy (non-hydrogen) atoms. The maximum Gasteiger partial charge on any atom is 0.257 e. The second-order valence-corrected chi connectivity index (χ2v) is 4.50. The van der Waals surface area contributed by atoms with Crippen LogP contribution in [0.2, 0.25) is 0 Å². The van der Waals surface area contributed by atoms with Crippen LogP contribution in [-0.4, -0.2) is 10.9 Å². The van der Waals surface area contributed by atoms with Gasteiger partial charge in [-0.1, -0.05) is 12.1 Å². The van der Waals surface area contributed by atoms with Crippen molar-refractivity contribution in [3.05, 3.63) is 58.9 Å². The summed E-state index contributed by atoms with van der Waals surface area (Å²) in [7, 11) is 0. The Labute approximate surface area is 112 Å². The maximum absolute atomic E-state index is 12.1. The highest BCUT2D eigenvalue weighted by Gasteiger charge is 2.08. The van der Waals surface area contributed by atoms with Crippen LogP contribution in [0.1, 0.15) is 27.2 Å². The molecular formula is C15H17N3O. The highest BCUT2D eigenvalue weighted by molar-refractivity contribution is 6.04. The molecule has 2 rings (SSSR count). The molecule has 0 fully saturated rings. The van der Waals surface area contributed by atoms with Crippen LogP contribution in [0.5, 0.6) is 0 Å². The molecule has 0 spiro atoms. The number of hydrogen-bond donors (Lipinski definition) is 2. The fraction of sp³-hybridized carbons (Fsp3) is 0.200. The van der Waals surface area contributed by atoms with Gasteiger partial charge >= 0.3 is 0 Å². The highest BCUT2D eigenvalue weighted by atomic mass is 16.1. The fourth-order valence-corrected chi connectivity index (χ4v) is 1.73. The van der Waals surface area contributed by atoms with Crippen molar-refractivity contribution in [2.45, 2.75) is 20.4 Å². The zero-order chi connectivity index (χ0) is 13.8. The van der Waals surface area contributed by atoms with Gasteiger partial charge in [-0.25, -0.2) is 0 Å². The summed E-state index contributed by atoms with van der Waals surface area (Å²) in [4.78, 5) is 16.2. The van der Waals surface area contributed by atoms with Crippen molar-refractivity contribution < 1.29 is 4.79 Å². The van der Waals surface area contributed by atoms with Gasteiger partial charge in [-0.15, -0.1) is 0 Å². The van der Waals surface area contributed by atoms with Gasteiger partial charge in [-0.3, -0.25) is 9.78 Å². The minimum Gasteiger partial charge on any atom is -0.326 e. The van der Waals surface area contributed by atoms with Gasteiger partial charge in [0.1, 0.15) is 0 Å². The van der Waals surface area contributed by atoms with Gasteiger partial charge in [0.15, 0.2) is 0 Å². The fourth-order valence-electron chi connectivity index (χ4n) is 1.73. The number of aryl methyl sites for hydroxylation is 2. The molecule has 0 radical (unpaired) electrons. The zero-order valence-electron chi connectivity index (χ0n) is 11.1. The summed E-state index contributed by atoms with van der Waals surface area (Å²) in [5.41, 5.74) is 9.82. The Morgan fingerprint density at radius 1 is 1.26 bits per heavy atom. The van der Waals surface area contributed by atoms with Gasteiger partial charge in [0.25, 0.3) is 5.91 Å². The van der Waals surface area contributed by atoms with Crippen LogP contribution in [0, 0.1) is 13.8 Å². The quantitative estimate of drug-likeness (QED) is 0.885. The number of hydrogen-bond acceptors (Lipinski definition) is 3. The smallest absolute Gasteiger partial charge is 0.257 e. The summed E-state index contributed by atoms with van der Waals surface area (Å²) >= 11 is 0. The van der Waals surface area contributed by atoms with Gasteiger partial charge < -0.3 is 11.1 Å². The van der Waals surface area contributed by atoms with E-state index < -0.39 is 0 Å². The lowest BCUT2D eigenvalue weighted by Crippen LogP contribution is -2.13. The lowest BCUT2D eigenvalue weighted by atomic mass is 10.1. The third kappa shape index (κ3) is 3.17. The summed E-state index contributed by atoms with van der Waals surface area (Å²) in [5, 5.41) is 2.89. The predicted molar refractivity (Wildman–Crippen MR) is 76.0 cm³/mol. The lowest BCUT2D eigenvalue weighted by molar-refractivity contribution is 0.102. The molecular weight excluding hydrogens is 238 g/mol. The number of amides is 1.